The number of carbonyl (C=O) groups excluding carboxylic acids is 4. The Labute approximate surface area is 171 Å². The molecule has 30 heavy (non-hydrogen) atoms. The molecule has 1 atom stereocenters. The maximum atomic E-state index is 11.9. The van der Waals surface area contributed by atoms with Crippen molar-refractivity contribution in [3.8, 4) is 0 Å². The van der Waals surface area contributed by atoms with E-state index in [1.54, 1.807) is 43.3 Å². The van der Waals surface area contributed by atoms with Gasteiger partial charge in [-0.15, -0.1) is 0 Å². The van der Waals surface area contributed by atoms with Gasteiger partial charge in [-0.05, 0) is 55.5 Å². The van der Waals surface area contributed by atoms with Gasteiger partial charge in [0.25, 0.3) is 0 Å². The lowest BCUT2D eigenvalue weighted by atomic mass is 10.3. The molecular weight excluding hydrogens is 392 g/mol. The van der Waals surface area contributed by atoms with E-state index in [-0.39, 0.29) is 6.61 Å². The van der Waals surface area contributed by atoms with Crippen LogP contribution < -0.4 is 10.6 Å². The average Bonchev–Trinajstić information content (AvgIpc) is 2.71. The summed E-state index contributed by atoms with van der Waals surface area (Å²) in [5, 5.41) is 5.05. The summed E-state index contributed by atoms with van der Waals surface area (Å²) in [6, 6.07) is 12.4. The van der Waals surface area contributed by atoms with Crippen molar-refractivity contribution in [1.29, 1.82) is 0 Å². The van der Waals surface area contributed by atoms with Gasteiger partial charge < -0.3 is 9.47 Å². The fourth-order valence-corrected chi connectivity index (χ4v) is 2.20. The molecule has 2 N–H and O–H groups in total. The second-order valence-corrected chi connectivity index (χ2v) is 5.89. The molecule has 0 bridgehead atoms. The molecule has 0 aliphatic heterocycles. The lowest BCUT2D eigenvalue weighted by Gasteiger charge is -2.14. The molecule has 10 nitrogen and oxygen atoms in total. The quantitative estimate of drug-likeness (QED) is 0.494. The Bertz CT molecular complexity index is 962. The van der Waals surface area contributed by atoms with Crippen LogP contribution in [-0.2, 0) is 19.1 Å². The van der Waals surface area contributed by atoms with E-state index in [1.807, 2.05) is 0 Å². The molecule has 0 fully saturated rings. The summed E-state index contributed by atoms with van der Waals surface area (Å²) >= 11 is 0. The number of ether oxygens (including phenoxy) is 2. The van der Waals surface area contributed by atoms with Crippen LogP contribution in [0.5, 0.6) is 0 Å². The third-order valence-electron chi connectivity index (χ3n) is 3.64. The first-order chi connectivity index (χ1) is 14.5. The van der Waals surface area contributed by atoms with E-state index in [9.17, 15) is 19.2 Å². The number of nitrogens with one attached hydrogen (secondary N) is 2. The molecule has 0 radical (unpaired) electrons. The number of nitrogens with zero attached hydrogens (tertiary/aromatic N) is 2. The number of rotatable bonds is 8. The Balaban J connectivity index is 1.68. The summed E-state index contributed by atoms with van der Waals surface area (Å²) < 4.78 is 10.2. The van der Waals surface area contributed by atoms with E-state index < -0.39 is 18.3 Å². The Kier molecular flexibility index (Phi) is 8.49. The van der Waals surface area contributed by atoms with Crippen LogP contribution in [0.1, 0.15) is 13.3 Å². The predicted octanol–water partition coefficient (Wildman–Crippen LogP) is 4.20. The Morgan fingerprint density at radius 1 is 0.867 bits per heavy atom. The molecule has 0 aromatic heterocycles. The zero-order valence-corrected chi connectivity index (χ0v) is 16.0. The first-order valence-corrected chi connectivity index (χ1v) is 8.77. The van der Waals surface area contributed by atoms with Crippen molar-refractivity contribution < 1.29 is 28.7 Å². The van der Waals surface area contributed by atoms with Gasteiger partial charge in [-0.2, -0.15) is 9.98 Å². The van der Waals surface area contributed by atoms with E-state index in [0.29, 0.717) is 29.2 Å². The fraction of sp³-hybridized carbons (Fsp3) is 0.200. The SMILES string of the molecule is CC(CCOC(=O)Nc1ccc(N=C=O)cc1)OC(=O)Nc1ccc(N=C=O)cc1. The van der Waals surface area contributed by atoms with Gasteiger partial charge in [0, 0.05) is 17.8 Å². The lowest BCUT2D eigenvalue weighted by molar-refractivity contribution is 0.0943. The van der Waals surface area contributed by atoms with Crippen LogP contribution in [0, 0.1) is 0 Å². The summed E-state index contributed by atoms with van der Waals surface area (Å²) in [6.45, 7) is 1.70. The minimum Gasteiger partial charge on any atom is -0.449 e. The van der Waals surface area contributed by atoms with Crippen LogP contribution in [-0.4, -0.2) is 37.1 Å². The molecule has 0 saturated carbocycles. The summed E-state index contributed by atoms with van der Waals surface area (Å²) in [7, 11) is 0. The van der Waals surface area contributed by atoms with Gasteiger partial charge in [0.15, 0.2) is 0 Å². The molecule has 0 aliphatic carbocycles. The highest BCUT2D eigenvalue weighted by atomic mass is 16.6. The van der Waals surface area contributed by atoms with E-state index in [1.165, 1.54) is 24.3 Å². The number of hydrogen-bond donors (Lipinski definition) is 2. The van der Waals surface area contributed by atoms with Crippen LogP contribution in [0.3, 0.4) is 0 Å². The number of carbonyl (C=O) groups is 2. The summed E-state index contributed by atoms with van der Waals surface area (Å²) in [5.74, 6) is 0. The summed E-state index contributed by atoms with van der Waals surface area (Å²) in [4.78, 5) is 50.9. The molecule has 2 aromatic carbocycles. The van der Waals surface area contributed by atoms with Gasteiger partial charge in [-0.25, -0.2) is 19.2 Å². The molecule has 2 aromatic rings. The van der Waals surface area contributed by atoms with Crippen molar-refractivity contribution in [3.63, 3.8) is 0 Å². The second kappa shape index (κ2) is 11.6. The van der Waals surface area contributed by atoms with Gasteiger partial charge in [-0.3, -0.25) is 10.6 Å². The van der Waals surface area contributed by atoms with Crippen LogP contribution >= 0.6 is 0 Å². The lowest BCUT2D eigenvalue weighted by Crippen LogP contribution is -2.22. The first-order valence-electron chi connectivity index (χ1n) is 8.77. The molecule has 0 saturated heterocycles. The average molecular weight is 410 g/mol. The van der Waals surface area contributed by atoms with Gasteiger partial charge in [0.1, 0.15) is 6.10 Å². The summed E-state index contributed by atoms with van der Waals surface area (Å²) in [6.07, 6.45) is 1.30. The number of aliphatic imine (C=N–C) groups is 2. The van der Waals surface area contributed by atoms with Crippen molar-refractivity contribution in [3.05, 3.63) is 48.5 Å². The maximum absolute atomic E-state index is 11.9. The van der Waals surface area contributed by atoms with Crippen molar-refractivity contribution in [2.75, 3.05) is 17.2 Å². The van der Waals surface area contributed by atoms with E-state index >= 15 is 0 Å². The van der Waals surface area contributed by atoms with Crippen molar-refractivity contribution in [2.24, 2.45) is 9.98 Å². The topological polar surface area (TPSA) is 136 Å². The zero-order valence-electron chi connectivity index (χ0n) is 16.0. The highest BCUT2D eigenvalue weighted by Gasteiger charge is 2.11. The van der Waals surface area contributed by atoms with Gasteiger partial charge in [0.2, 0.25) is 12.2 Å². The zero-order chi connectivity index (χ0) is 21.8. The van der Waals surface area contributed by atoms with E-state index in [4.69, 9.17) is 9.47 Å². The highest BCUT2D eigenvalue weighted by Crippen LogP contribution is 2.17. The van der Waals surface area contributed by atoms with E-state index in [2.05, 4.69) is 20.6 Å². The highest BCUT2D eigenvalue weighted by molar-refractivity contribution is 5.85. The van der Waals surface area contributed by atoms with Crippen LogP contribution in [0.4, 0.5) is 32.3 Å². The Hall–Kier alpha value is -4.26. The largest absolute Gasteiger partial charge is 0.449 e. The van der Waals surface area contributed by atoms with E-state index in [0.717, 1.165) is 0 Å². The molecule has 2 amide bonds. The minimum atomic E-state index is -0.670. The minimum absolute atomic E-state index is 0.0339. The standard InChI is InChI=1S/C20H18N4O6/c1-14(30-20(28)24-18-8-4-16(5-9-18)22-13-26)10-11-29-19(27)23-17-6-2-15(3-7-17)21-12-25/h2-9,14H,10-11H2,1H3,(H,23,27)(H,24,28). The van der Waals surface area contributed by atoms with Crippen LogP contribution in [0.2, 0.25) is 0 Å². The van der Waals surface area contributed by atoms with Crippen molar-refractivity contribution >= 4 is 47.1 Å². The number of amides is 2. The molecule has 2 rings (SSSR count). The van der Waals surface area contributed by atoms with Gasteiger partial charge in [0.05, 0.1) is 18.0 Å². The van der Waals surface area contributed by atoms with Gasteiger partial charge in [-0.1, -0.05) is 0 Å². The summed E-state index contributed by atoms with van der Waals surface area (Å²) in [5.41, 5.74) is 1.77. The molecule has 154 valence electrons. The Morgan fingerprint density at radius 2 is 1.33 bits per heavy atom. The molecule has 0 aliphatic rings. The third-order valence-corrected chi connectivity index (χ3v) is 3.64. The smallest absolute Gasteiger partial charge is 0.411 e. The Morgan fingerprint density at radius 3 is 1.80 bits per heavy atom. The monoisotopic (exact) mass is 410 g/mol. The first kappa shape index (κ1) is 22.0. The normalized spacial score (nSPS) is 10.6. The predicted molar refractivity (Wildman–Crippen MR) is 108 cm³/mol. The molecule has 0 spiro atoms. The third kappa shape index (κ3) is 7.77. The van der Waals surface area contributed by atoms with Crippen molar-refractivity contribution in [1.82, 2.24) is 0 Å². The number of benzene rings is 2. The fourth-order valence-electron chi connectivity index (χ4n) is 2.20. The molecular formula is C20H18N4O6. The van der Waals surface area contributed by atoms with Crippen LogP contribution in [0.25, 0.3) is 0 Å². The number of anilines is 2. The maximum Gasteiger partial charge on any atom is 0.411 e. The molecule has 0 heterocycles. The van der Waals surface area contributed by atoms with Gasteiger partial charge >= 0.3 is 12.2 Å². The molecule has 1 unspecified atom stereocenters. The van der Waals surface area contributed by atoms with Crippen LogP contribution in [0.15, 0.2) is 58.5 Å². The number of isocyanates is 2. The van der Waals surface area contributed by atoms with Crippen molar-refractivity contribution in [2.45, 2.75) is 19.4 Å². The number of hydrogen-bond acceptors (Lipinski definition) is 8. The second-order valence-electron chi connectivity index (χ2n) is 5.89. The molecule has 10 heteroatoms.